The van der Waals surface area contributed by atoms with E-state index < -0.39 is 18.2 Å². The lowest BCUT2D eigenvalue weighted by Crippen LogP contribution is -2.33. The summed E-state index contributed by atoms with van der Waals surface area (Å²) in [5.74, 6) is -0.191. The lowest BCUT2D eigenvalue weighted by molar-refractivity contribution is -0.136. The molecular weight excluding hydrogens is 437 g/mol. The molecule has 1 amide bonds. The highest BCUT2D eigenvalue weighted by molar-refractivity contribution is 5.90. The molecule has 2 aromatic heterocycles. The van der Waals surface area contributed by atoms with Gasteiger partial charge in [0.15, 0.2) is 5.78 Å². The van der Waals surface area contributed by atoms with Crippen molar-refractivity contribution in [3.63, 3.8) is 0 Å². The van der Waals surface area contributed by atoms with Crippen molar-refractivity contribution in [2.75, 3.05) is 13.1 Å². The first-order valence-electron chi connectivity index (χ1n) is 10.7. The van der Waals surface area contributed by atoms with Crippen molar-refractivity contribution in [3.8, 4) is 11.3 Å². The quantitative estimate of drug-likeness (QED) is 0.566. The van der Waals surface area contributed by atoms with Crippen LogP contribution in [0.25, 0.3) is 17.0 Å². The number of fused-ring (bicyclic) bond motifs is 1. The molecule has 0 atom stereocenters. The molecular formula is C23H23F3N4O3. The van der Waals surface area contributed by atoms with Gasteiger partial charge in [-0.2, -0.15) is 13.2 Å². The van der Waals surface area contributed by atoms with Crippen LogP contribution in [0.5, 0.6) is 0 Å². The molecule has 174 valence electrons. The number of ketones is 1. The van der Waals surface area contributed by atoms with Gasteiger partial charge >= 0.3 is 6.18 Å². The summed E-state index contributed by atoms with van der Waals surface area (Å²) < 4.78 is 40.8. The van der Waals surface area contributed by atoms with Gasteiger partial charge < -0.3 is 9.47 Å². The minimum Gasteiger partial charge on any atom is -0.335 e. The molecule has 0 aliphatic carbocycles. The number of aromatic nitrogens is 3. The van der Waals surface area contributed by atoms with Crippen molar-refractivity contribution in [1.82, 2.24) is 18.9 Å². The van der Waals surface area contributed by atoms with Gasteiger partial charge in [0, 0.05) is 49.5 Å². The molecule has 33 heavy (non-hydrogen) atoms. The highest BCUT2D eigenvalue weighted by Gasteiger charge is 2.27. The zero-order valence-corrected chi connectivity index (χ0v) is 18.1. The SMILES string of the molecule is Cc1ccc(-c2cn3c(=O)c(CC(=O)N4CCC(=O)C4)cn(CCCC(F)(F)F)c3n2)cc1. The topological polar surface area (TPSA) is 76.7 Å². The van der Waals surface area contributed by atoms with Gasteiger partial charge in [-0.15, -0.1) is 0 Å². The number of hydrogen-bond donors (Lipinski definition) is 0. The zero-order chi connectivity index (χ0) is 23.8. The number of benzene rings is 1. The van der Waals surface area contributed by atoms with E-state index in [4.69, 9.17) is 0 Å². The molecule has 0 spiro atoms. The van der Waals surface area contributed by atoms with Crippen LogP contribution >= 0.6 is 0 Å². The molecule has 0 bridgehead atoms. The fourth-order valence-corrected chi connectivity index (χ4v) is 3.90. The number of nitrogens with zero attached hydrogens (tertiary/aromatic N) is 4. The Balaban J connectivity index is 1.71. The van der Waals surface area contributed by atoms with E-state index in [0.29, 0.717) is 12.2 Å². The number of imidazole rings is 1. The average molecular weight is 460 g/mol. The molecule has 1 aliphatic heterocycles. The molecule has 1 aromatic carbocycles. The van der Waals surface area contributed by atoms with Crippen molar-refractivity contribution in [3.05, 3.63) is 58.1 Å². The molecule has 1 saturated heterocycles. The van der Waals surface area contributed by atoms with Gasteiger partial charge in [0.1, 0.15) is 0 Å². The van der Waals surface area contributed by atoms with Crippen molar-refractivity contribution >= 4 is 17.5 Å². The number of Topliss-reactive ketones (excluding diaryl/α,β-unsaturated/α-hetero) is 1. The summed E-state index contributed by atoms with van der Waals surface area (Å²) in [4.78, 5) is 43.1. The lowest BCUT2D eigenvalue weighted by atomic mass is 10.1. The Kier molecular flexibility index (Phi) is 6.09. The van der Waals surface area contributed by atoms with E-state index in [2.05, 4.69) is 4.98 Å². The van der Waals surface area contributed by atoms with Crippen molar-refractivity contribution in [2.45, 2.75) is 45.3 Å². The van der Waals surface area contributed by atoms with Crippen LogP contribution in [-0.4, -0.2) is 49.8 Å². The molecule has 7 nitrogen and oxygen atoms in total. The molecule has 0 N–H and O–H groups in total. The van der Waals surface area contributed by atoms with Crippen LogP contribution < -0.4 is 5.56 Å². The highest BCUT2D eigenvalue weighted by Crippen LogP contribution is 2.23. The Labute approximate surface area is 187 Å². The first-order chi connectivity index (χ1) is 15.6. The second-order valence-corrected chi connectivity index (χ2v) is 8.31. The van der Waals surface area contributed by atoms with E-state index in [-0.39, 0.29) is 55.4 Å². The number of amides is 1. The van der Waals surface area contributed by atoms with Crippen LogP contribution in [0.3, 0.4) is 0 Å². The number of hydrogen-bond acceptors (Lipinski definition) is 4. The average Bonchev–Trinajstić information content (AvgIpc) is 3.38. The number of halogens is 3. The van der Waals surface area contributed by atoms with Crippen molar-refractivity contribution < 1.29 is 22.8 Å². The summed E-state index contributed by atoms with van der Waals surface area (Å²) in [6.07, 6.45) is -2.46. The van der Waals surface area contributed by atoms with Gasteiger partial charge in [0.2, 0.25) is 11.7 Å². The summed E-state index contributed by atoms with van der Waals surface area (Å²) >= 11 is 0. The maximum Gasteiger partial charge on any atom is 0.389 e. The van der Waals surface area contributed by atoms with Gasteiger partial charge in [0.25, 0.3) is 5.56 Å². The maximum atomic E-state index is 13.1. The van der Waals surface area contributed by atoms with E-state index in [1.54, 1.807) is 0 Å². The summed E-state index contributed by atoms with van der Waals surface area (Å²) in [7, 11) is 0. The molecule has 1 aliphatic rings. The molecule has 3 heterocycles. The number of aryl methyl sites for hydroxylation is 2. The third-order valence-corrected chi connectivity index (χ3v) is 5.68. The van der Waals surface area contributed by atoms with Gasteiger partial charge in [0.05, 0.1) is 18.7 Å². The Morgan fingerprint density at radius 3 is 2.48 bits per heavy atom. The lowest BCUT2D eigenvalue weighted by Gasteiger charge is -2.15. The molecule has 0 unspecified atom stereocenters. The molecule has 0 saturated carbocycles. The van der Waals surface area contributed by atoms with Gasteiger partial charge in [-0.05, 0) is 13.3 Å². The maximum absolute atomic E-state index is 13.1. The summed E-state index contributed by atoms with van der Waals surface area (Å²) in [6.45, 7) is 2.25. The van der Waals surface area contributed by atoms with Crippen LogP contribution in [0.4, 0.5) is 13.2 Å². The number of alkyl halides is 3. The fraction of sp³-hybridized carbons (Fsp3) is 0.391. The fourth-order valence-electron chi connectivity index (χ4n) is 3.90. The number of carbonyl (C=O) groups excluding carboxylic acids is 2. The minimum absolute atomic E-state index is 0.0168. The predicted molar refractivity (Wildman–Crippen MR) is 115 cm³/mol. The van der Waals surface area contributed by atoms with Crippen molar-refractivity contribution in [2.24, 2.45) is 0 Å². The van der Waals surface area contributed by atoms with E-state index in [1.807, 2.05) is 31.2 Å². The normalized spacial score (nSPS) is 14.4. The molecule has 3 aromatic rings. The largest absolute Gasteiger partial charge is 0.389 e. The Morgan fingerprint density at radius 2 is 1.85 bits per heavy atom. The van der Waals surface area contributed by atoms with Crippen molar-refractivity contribution in [1.29, 1.82) is 0 Å². The van der Waals surface area contributed by atoms with E-state index in [0.717, 1.165) is 11.1 Å². The first kappa shape index (κ1) is 22.8. The second-order valence-electron chi connectivity index (χ2n) is 8.31. The highest BCUT2D eigenvalue weighted by atomic mass is 19.4. The van der Waals surface area contributed by atoms with E-state index in [9.17, 15) is 27.6 Å². The number of carbonyl (C=O) groups is 2. The van der Waals surface area contributed by atoms with Gasteiger partial charge in [-0.25, -0.2) is 4.98 Å². The zero-order valence-electron chi connectivity index (χ0n) is 18.1. The summed E-state index contributed by atoms with van der Waals surface area (Å²) in [5.41, 5.74) is 2.01. The minimum atomic E-state index is -4.29. The molecule has 10 heteroatoms. The predicted octanol–water partition coefficient (Wildman–Crippen LogP) is 3.16. The molecule has 4 rings (SSSR count). The monoisotopic (exact) mass is 460 g/mol. The third-order valence-electron chi connectivity index (χ3n) is 5.68. The van der Waals surface area contributed by atoms with Gasteiger partial charge in [-0.3, -0.25) is 18.8 Å². The Morgan fingerprint density at radius 1 is 1.12 bits per heavy atom. The number of rotatable bonds is 6. The van der Waals surface area contributed by atoms with Gasteiger partial charge in [-0.1, -0.05) is 29.8 Å². The van der Waals surface area contributed by atoms with Crippen LogP contribution in [0.15, 0.2) is 41.5 Å². The third kappa shape index (κ3) is 5.15. The molecule has 1 fully saturated rings. The van der Waals surface area contributed by atoms with Crippen LogP contribution in [0, 0.1) is 6.92 Å². The Bertz CT molecular complexity index is 1260. The van der Waals surface area contributed by atoms with Crippen LogP contribution in [-0.2, 0) is 22.6 Å². The Hall–Kier alpha value is -3.43. The smallest absolute Gasteiger partial charge is 0.335 e. The van der Waals surface area contributed by atoms with E-state index in [1.165, 1.54) is 26.3 Å². The standard InChI is InChI=1S/C23H23F3N4O3/c1-15-3-5-16(6-4-15)19-14-30-21(33)17(11-20(32)28-10-7-18(31)13-28)12-29(22(30)27-19)9-2-8-23(24,25)26/h3-6,12,14H,2,7-11,13H2,1H3. The first-order valence-corrected chi connectivity index (χ1v) is 10.7. The van der Waals surface area contributed by atoms with Crippen LogP contribution in [0.2, 0.25) is 0 Å². The second kappa shape index (κ2) is 8.84. The summed E-state index contributed by atoms with van der Waals surface area (Å²) in [6, 6.07) is 7.50. The van der Waals surface area contributed by atoms with E-state index >= 15 is 0 Å². The number of likely N-dealkylation sites (tertiary alicyclic amines) is 1. The summed E-state index contributed by atoms with van der Waals surface area (Å²) in [5, 5.41) is 0. The molecule has 0 radical (unpaired) electrons. The van der Waals surface area contributed by atoms with Crippen LogP contribution in [0.1, 0.15) is 30.4 Å².